The van der Waals surface area contributed by atoms with E-state index in [1.54, 1.807) is 12.1 Å². The second-order valence-electron chi connectivity index (χ2n) is 6.69. The van der Waals surface area contributed by atoms with Crippen molar-refractivity contribution in [2.24, 2.45) is 0 Å². The van der Waals surface area contributed by atoms with Gasteiger partial charge in [-0.25, -0.2) is 0 Å². The Morgan fingerprint density at radius 1 is 0.938 bits per heavy atom. The Morgan fingerprint density at radius 2 is 1.69 bits per heavy atom. The number of carbonyl (C=O) groups excluding carboxylic acids is 3. The largest absolute Gasteiger partial charge is 0.459 e. The highest BCUT2D eigenvalue weighted by molar-refractivity contribution is 6.04. The summed E-state index contributed by atoms with van der Waals surface area (Å²) in [7, 11) is 0. The van der Waals surface area contributed by atoms with Crippen molar-refractivity contribution in [3.8, 4) is 0 Å². The second kappa shape index (κ2) is 9.38. The summed E-state index contributed by atoms with van der Waals surface area (Å²) in [5, 5.41) is 7.28. The molecule has 1 aromatic heterocycles. The molecule has 0 atom stereocenters. The minimum absolute atomic E-state index is 0.0525. The molecule has 3 rings (SSSR count). The van der Waals surface area contributed by atoms with E-state index < -0.39 is 30.1 Å². The maximum absolute atomic E-state index is 13.5. The Labute approximate surface area is 180 Å². The summed E-state index contributed by atoms with van der Waals surface area (Å²) in [4.78, 5) is 35.9. The molecule has 2 amide bonds. The van der Waals surface area contributed by atoms with Crippen LogP contribution in [0.25, 0.3) is 0 Å². The Morgan fingerprint density at radius 3 is 2.34 bits per heavy atom. The fourth-order valence-corrected chi connectivity index (χ4v) is 2.88. The smallest absolute Gasteiger partial charge is 0.418 e. The zero-order valence-corrected chi connectivity index (χ0v) is 16.7. The molecule has 166 valence electrons. The van der Waals surface area contributed by atoms with Gasteiger partial charge in [-0.05, 0) is 49.4 Å². The summed E-state index contributed by atoms with van der Waals surface area (Å²) < 4.78 is 45.5. The van der Waals surface area contributed by atoms with Crippen molar-refractivity contribution < 1.29 is 32.0 Å². The number of nitrogens with one attached hydrogen (secondary N) is 3. The number of hydrogen-bond acceptors (Lipinski definition) is 5. The molecule has 10 heteroatoms. The number of carbonyl (C=O) groups is 3. The van der Waals surface area contributed by atoms with Crippen molar-refractivity contribution >= 4 is 34.7 Å². The molecule has 0 saturated carbocycles. The summed E-state index contributed by atoms with van der Waals surface area (Å²) in [6, 6.07) is 12.3. The van der Waals surface area contributed by atoms with E-state index in [1.807, 2.05) is 0 Å². The van der Waals surface area contributed by atoms with Gasteiger partial charge in [0.15, 0.2) is 11.5 Å². The lowest BCUT2D eigenvalue weighted by atomic mass is 10.1. The van der Waals surface area contributed by atoms with Crippen LogP contribution in [-0.2, 0) is 11.0 Å². The highest BCUT2D eigenvalue weighted by Crippen LogP contribution is 2.36. The monoisotopic (exact) mass is 445 g/mol. The zero-order valence-electron chi connectivity index (χ0n) is 16.7. The minimum atomic E-state index is -4.74. The van der Waals surface area contributed by atoms with E-state index in [4.69, 9.17) is 4.42 Å². The fourth-order valence-electron chi connectivity index (χ4n) is 2.88. The van der Waals surface area contributed by atoms with Crippen LogP contribution >= 0.6 is 0 Å². The number of halogens is 3. The molecule has 2 aromatic carbocycles. The Bertz CT molecular complexity index is 1140. The van der Waals surface area contributed by atoms with Crippen LogP contribution in [0, 0.1) is 0 Å². The molecular weight excluding hydrogens is 427 g/mol. The van der Waals surface area contributed by atoms with Crippen LogP contribution in [0.3, 0.4) is 0 Å². The summed E-state index contributed by atoms with van der Waals surface area (Å²) in [5.74, 6) is -1.65. The summed E-state index contributed by atoms with van der Waals surface area (Å²) in [6.45, 7) is 0.860. The van der Waals surface area contributed by atoms with Crippen molar-refractivity contribution in [1.29, 1.82) is 0 Å². The maximum Gasteiger partial charge on any atom is 0.418 e. The van der Waals surface area contributed by atoms with Crippen LogP contribution in [0.15, 0.2) is 65.3 Å². The number of furan rings is 1. The number of para-hydroxylation sites is 1. The third kappa shape index (κ3) is 5.54. The molecule has 0 spiro atoms. The van der Waals surface area contributed by atoms with Crippen molar-refractivity contribution in [3.63, 3.8) is 0 Å². The summed E-state index contributed by atoms with van der Waals surface area (Å²) >= 11 is 0. The normalized spacial score (nSPS) is 11.0. The summed E-state index contributed by atoms with van der Waals surface area (Å²) in [6.07, 6.45) is -3.48. The van der Waals surface area contributed by atoms with Gasteiger partial charge in [-0.1, -0.05) is 12.1 Å². The molecule has 0 aliphatic heterocycles. The molecule has 0 radical (unpaired) electrons. The molecular formula is C22H18F3N3O4. The van der Waals surface area contributed by atoms with Crippen LogP contribution in [0.4, 0.5) is 30.2 Å². The molecule has 32 heavy (non-hydrogen) atoms. The molecule has 0 unspecified atom stereocenters. The van der Waals surface area contributed by atoms with Gasteiger partial charge in [0.2, 0.25) is 5.91 Å². The van der Waals surface area contributed by atoms with Crippen molar-refractivity contribution in [2.75, 3.05) is 22.5 Å². The first-order valence-electron chi connectivity index (χ1n) is 9.35. The molecule has 3 N–H and O–H groups in total. The second-order valence-corrected chi connectivity index (χ2v) is 6.69. The first-order chi connectivity index (χ1) is 15.1. The number of anilines is 3. The van der Waals surface area contributed by atoms with Gasteiger partial charge in [0, 0.05) is 16.9 Å². The minimum Gasteiger partial charge on any atom is -0.459 e. The average molecular weight is 445 g/mol. The quantitative estimate of drug-likeness (QED) is 0.454. The fraction of sp³-hybridized carbons (Fsp3) is 0.136. The number of hydrogen-bond donors (Lipinski definition) is 3. The van der Waals surface area contributed by atoms with E-state index >= 15 is 0 Å². The van der Waals surface area contributed by atoms with E-state index in [2.05, 4.69) is 16.0 Å². The predicted octanol–water partition coefficient (Wildman–Crippen LogP) is 4.80. The highest BCUT2D eigenvalue weighted by atomic mass is 19.4. The van der Waals surface area contributed by atoms with Crippen molar-refractivity contribution in [1.82, 2.24) is 0 Å². The number of benzene rings is 2. The lowest BCUT2D eigenvalue weighted by Gasteiger charge is -2.16. The average Bonchev–Trinajstić information content (AvgIpc) is 3.27. The molecule has 0 aliphatic carbocycles. The highest BCUT2D eigenvalue weighted by Gasteiger charge is 2.34. The van der Waals surface area contributed by atoms with Gasteiger partial charge in [-0.2, -0.15) is 13.2 Å². The maximum atomic E-state index is 13.5. The molecule has 0 fully saturated rings. The predicted molar refractivity (Wildman–Crippen MR) is 112 cm³/mol. The topological polar surface area (TPSA) is 100 Å². The Hall–Kier alpha value is -4.08. The molecule has 0 aliphatic rings. The van der Waals surface area contributed by atoms with E-state index in [1.165, 1.54) is 43.5 Å². The number of amides is 2. The van der Waals surface area contributed by atoms with Crippen LogP contribution in [0.1, 0.15) is 33.4 Å². The van der Waals surface area contributed by atoms with E-state index in [0.717, 1.165) is 12.1 Å². The van der Waals surface area contributed by atoms with E-state index in [-0.39, 0.29) is 34.2 Å². The van der Waals surface area contributed by atoms with E-state index in [0.29, 0.717) is 0 Å². The zero-order chi connectivity index (χ0) is 23.3. The first kappa shape index (κ1) is 22.6. The third-order valence-corrected chi connectivity index (χ3v) is 4.35. The lowest BCUT2D eigenvalue weighted by Crippen LogP contribution is -2.24. The first-order valence-corrected chi connectivity index (χ1v) is 9.35. The molecule has 0 saturated heterocycles. The van der Waals surface area contributed by atoms with Crippen LogP contribution in [0.5, 0.6) is 0 Å². The number of rotatable bonds is 7. The van der Waals surface area contributed by atoms with Crippen molar-refractivity contribution in [2.45, 2.75) is 13.1 Å². The van der Waals surface area contributed by atoms with Gasteiger partial charge in [0.1, 0.15) is 0 Å². The number of Topliss-reactive ketones (excluding diaryl/α,β-unsaturated/α-hetero) is 1. The molecule has 0 bridgehead atoms. The molecule has 7 nitrogen and oxygen atoms in total. The van der Waals surface area contributed by atoms with Gasteiger partial charge in [0.25, 0.3) is 5.91 Å². The van der Waals surface area contributed by atoms with Gasteiger partial charge < -0.3 is 20.4 Å². The molecule has 3 aromatic rings. The van der Waals surface area contributed by atoms with Crippen LogP contribution in [0.2, 0.25) is 0 Å². The van der Waals surface area contributed by atoms with Crippen molar-refractivity contribution in [3.05, 3.63) is 77.7 Å². The Kier molecular flexibility index (Phi) is 6.62. The van der Waals surface area contributed by atoms with E-state index in [9.17, 15) is 27.6 Å². The van der Waals surface area contributed by atoms with Crippen LogP contribution < -0.4 is 16.0 Å². The third-order valence-electron chi connectivity index (χ3n) is 4.35. The molecule has 1 heterocycles. The van der Waals surface area contributed by atoms with Gasteiger partial charge in [0.05, 0.1) is 24.1 Å². The van der Waals surface area contributed by atoms with Gasteiger partial charge in [-0.3, -0.25) is 14.4 Å². The standard InChI is InChI=1S/C22H18F3N3O4/c1-13(29)15-5-2-3-6-17(15)28-20(30)12-26-18-9-8-14(11-16(18)22(23,24)25)27-21(31)19-7-4-10-32-19/h2-11,26H,12H2,1H3,(H,27,31)(H,28,30). The van der Waals surface area contributed by atoms with Gasteiger partial charge >= 0.3 is 6.18 Å². The number of alkyl halides is 3. The SMILES string of the molecule is CC(=O)c1ccccc1NC(=O)CNc1ccc(NC(=O)c2ccco2)cc1C(F)(F)F. The Balaban J connectivity index is 1.72. The number of ketones is 1. The van der Waals surface area contributed by atoms with Gasteiger partial charge in [-0.15, -0.1) is 0 Å². The summed E-state index contributed by atoms with van der Waals surface area (Å²) in [5.41, 5.74) is -0.952. The van der Waals surface area contributed by atoms with Crippen LogP contribution in [-0.4, -0.2) is 24.1 Å². The lowest BCUT2D eigenvalue weighted by molar-refractivity contribution is -0.137.